The van der Waals surface area contributed by atoms with E-state index in [0.29, 0.717) is 5.56 Å². The molecule has 1 aliphatic rings. The van der Waals surface area contributed by atoms with Crippen LogP contribution in [0.3, 0.4) is 0 Å². The Morgan fingerprint density at radius 1 is 1.24 bits per heavy atom. The fraction of sp³-hybridized carbons (Fsp3) is 0.533. The summed E-state index contributed by atoms with van der Waals surface area (Å²) in [5.74, 6) is -0.240. The van der Waals surface area contributed by atoms with Gasteiger partial charge in [0.25, 0.3) is 5.69 Å². The molecule has 0 unspecified atom stereocenters. The van der Waals surface area contributed by atoms with Crippen LogP contribution >= 0.6 is 0 Å². The summed E-state index contributed by atoms with van der Waals surface area (Å²) in [5, 5.41) is 10.9. The number of carbonyl (C=O) groups is 1. The lowest BCUT2D eigenvalue weighted by Gasteiger charge is -2.37. The number of piperazine rings is 1. The van der Waals surface area contributed by atoms with Crippen LogP contribution in [0.2, 0.25) is 0 Å². The van der Waals surface area contributed by atoms with Gasteiger partial charge in [0.15, 0.2) is 0 Å². The van der Waals surface area contributed by atoms with E-state index < -0.39 is 20.5 Å². The number of hydrogen-bond donors (Lipinski definition) is 1. The van der Waals surface area contributed by atoms with Crippen LogP contribution in [0.4, 0.5) is 5.69 Å². The minimum absolute atomic E-state index is 0.0827. The van der Waals surface area contributed by atoms with E-state index in [9.17, 15) is 23.3 Å². The summed E-state index contributed by atoms with van der Waals surface area (Å²) < 4.78 is 26.9. The number of amides is 1. The minimum Gasteiger partial charge on any atom is -0.338 e. The lowest BCUT2D eigenvalue weighted by atomic mass is 10.1. The molecule has 0 saturated carbocycles. The molecule has 0 aromatic heterocycles. The molecule has 2 rings (SSSR count). The first kappa shape index (κ1) is 19.3. The summed E-state index contributed by atoms with van der Waals surface area (Å²) in [6.07, 6.45) is 0. The van der Waals surface area contributed by atoms with Crippen LogP contribution in [0.15, 0.2) is 23.1 Å². The van der Waals surface area contributed by atoms with E-state index >= 15 is 0 Å². The lowest BCUT2D eigenvalue weighted by molar-refractivity contribution is -0.385. The Morgan fingerprint density at radius 2 is 1.80 bits per heavy atom. The lowest BCUT2D eigenvalue weighted by Crippen LogP contribution is -2.57. The number of non-ortho nitro benzene ring substituents is 1. The number of nitro groups is 1. The van der Waals surface area contributed by atoms with E-state index in [2.05, 4.69) is 0 Å². The topological polar surface area (TPSA) is 127 Å². The maximum Gasteiger partial charge on any atom is 0.270 e. The zero-order valence-electron chi connectivity index (χ0n) is 14.4. The first-order chi connectivity index (χ1) is 11.4. The number of nitrogens with two attached hydrogens (primary N) is 1. The Kier molecular flexibility index (Phi) is 5.17. The van der Waals surface area contributed by atoms with Gasteiger partial charge in [-0.05, 0) is 26.3 Å². The number of benzene rings is 1. The van der Waals surface area contributed by atoms with Crippen molar-refractivity contribution in [1.82, 2.24) is 9.21 Å². The minimum atomic E-state index is -3.87. The number of nitrogens with zero attached hydrogens (tertiary/aromatic N) is 3. The van der Waals surface area contributed by atoms with Gasteiger partial charge >= 0.3 is 0 Å². The number of carbonyl (C=O) groups excluding carboxylic acids is 1. The molecule has 10 heteroatoms. The molecule has 1 amide bonds. The third kappa shape index (κ3) is 3.97. The Labute approximate surface area is 146 Å². The number of aryl methyl sites for hydroxylation is 1. The monoisotopic (exact) mass is 370 g/mol. The highest BCUT2D eigenvalue weighted by Crippen LogP contribution is 2.25. The maximum absolute atomic E-state index is 12.8. The molecular weight excluding hydrogens is 348 g/mol. The first-order valence-corrected chi connectivity index (χ1v) is 9.22. The Balaban J connectivity index is 2.22. The average molecular weight is 370 g/mol. The van der Waals surface area contributed by atoms with Crippen LogP contribution in [-0.4, -0.2) is 60.2 Å². The number of rotatable bonds is 4. The molecule has 0 spiro atoms. The van der Waals surface area contributed by atoms with Crippen LogP contribution in [0, 0.1) is 17.0 Å². The summed E-state index contributed by atoms with van der Waals surface area (Å²) in [4.78, 5) is 23.9. The van der Waals surface area contributed by atoms with Gasteiger partial charge in [-0.15, -0.1) is 0 Å². The van der Waals surface area contributed by atoms with Crippen molar-refractivity contribution < 1.29 is 18.1 Å². The molecule has 138 valence electrons. The third-order valence-corrected chi connectivity index (χ3v) is 6.12. The summed E-state index contributed by atoms with van der Waals surface area (Å²) >= 11 is 0. The van der Waals surface area contributed by atoms with Gasteiger partial charge in [0.1, 0.15) is 0 Å². The molecule has 1 aromatic carbocycles. The third-order valence-electron chi connectivity index (χ3n) is 4.08. The van der Waals surface area contributed by atoms with E-state index in [4.69, 9.17) is 5.73 Å². The molecule has 1 saturated heterocycles. The second kappa shape index (κ2) is 6.70. The molecule has 1 aromatic rings. The van der Waals surface area contributed by atoms with Crippen molar-refractivity contribution in [3.05, 3.63) is 33.9 Å². The van der Waals surface area contributed by atoms with Gasteiger partial charge < -0.3 is 10.6 Å². The smallest absolute Gasteiger partial charge is 0.270 e. The van der Waals surface area contributed by atoms with Crippen molar-refractivity contribution in [3.8, 4) is 0 Å². The van der Waals surface area contributed by atoms with E-state index in [0.717, 1.165) is 6.07 Å². The predicted molar refractivity (Wildman–Crippen MR) is 91.4 cm³/mol. The van der Waals surface area contributed by atoms with Gasteiger partial charge in [-0.25, -0.2) is 8.42 Å². The van der Waals surface area contributed by atoms with Crippen LogP contribution in [0.1, 0.15) is 19.4 Å². The molecule has 0 radical (unpaired) electrons. The Bertz CT molecular complexity index is 793. The van der Waals surface area contributed by atoms with Crippen LogP contribution < -0.4 is 5.73 Å². The average Bonchev–Trinajstić information content (AvgIpc) is 2.53. The van der Waals surface area contributed by atoms with Gasteiger partial charge in [-0.1, -0.05) is 6.07 Å². The number of hydrogen-bond acceptors (Lipinski definition) is 6. The second-order valence-corrected chi connectivity index (χ2v) is 8.53. The van der Waals surface area contributed by atoms with E-state index in [1.165, 1.54) is 21.3 Å². The summed E-state index contributed by atoms with van der Waals surface area (Å²) in [6, 6.07) is 3.77. The zero-order chi connectivity index (χ0) is 19.0. The van der Waals surface area contributed by atoms with E-state index in [-0.39, 0.29) is 42.7 Å². The molecule has 0 aliphatic carbocycles. The van der Waals surface area contributed by atoms with Crippen LogP contribution in [0.25, 0.3) is 0 Å². The van der Waals surface area contributed by atoms with Crippen molar-refractivity contribution in [2.24, 2.45) is 5.73 Å². The van der Waals surface area contributed by atoms with Crippen molar-refractivity contribution in [1.29, 1.82) is 0 Å². The molecule has 2 N–H and O–H groups in total. The molecule has 1 heterocycles. The largest absolute Gasteiger partial charge is 0.338 e. The summed E-state index contributed by atoms with van der Waals surface area (Å²) in [7, 11) is -3.87. The second-order valence-electron chi connectivity index (χ2n) is 6.62. The summed E-state index contributed by atoms with van der Waals surface area (Å²) in [5.41, 5.74) is 4.95. The fourth-order valence-corrected chi connectivity index (χ4v) is 4.33. The molecule has 9 nitrogen and oxygen atoms in total. The maximum atomic E-state index is 12.8. The van der Waals surface area contributed by atoms with E-state index in [1.807, 2.05) is 0 Å². The van der Waals surface area contributed by atoms with Gasteiger partial charge in [0.2, 0.25) is 15.9 Å². The molecule has 0 bridgehead atoms. The van der Waals surface area contributed by atoms with E-state index in [1.54, 1.807) is 20.8 Å². The normalized spacial score (nSPS) is 16.7. The SMILES string of the molecule is Cc1ccc([N+](=O)[O-])cc1S(=O)(=O)N1CCN(C(=O)C(C)(C)N)CC1. The Hall–Kier alpha value is -2.04. The highest BCUT2D eigenvalue weighted by molar-refractivity contribution is 7.89. The van der Waals surface area contributed by atoms with Crippen molar-refractivity contribution >= 4 is 21.6 Å². The summed E-state index contributed by atoms with van der Waals surface area (Å²) in [6.45, 7) is 5.49. The highest BCUT2D eigenvalue weighted by atomic mass is 32.2. The molecule has 25 heavy (non-hydrogen) atoms. The van der Waals surface area contributed by atoms with Gasteiger partial charge in [0.05, 0.1) is 15.4 Å². The zero-order valence-corrected chi connectivity index (χ0v) is 15.2. The van der Waals surface area contributed by atoms with Crippen molar-refractivity contribution in [3.63, 3.8) is 0 Å². The van der Waals surface area contributed by atoms with Crippen molar-refractivity contribution in [2.75, 3.05) is 26.2 Å². The fourth-order valence-electron chi connectivity index (χ4n) is 2.66. The Morgan fingerprint density at radius 3 is 2.28 bits per heavy atom. The molecular formula is C15H22N4O5S. The van der Waals surface area contributed by atoms with Gasteiger partial charge in [-0.2, -0.15) is 4.31 Å². The van der Waals surface area contributed by atoms with Crippen molar-refractivity contribution in [2.45, 2.75) is 31.2 Å². The number of sulfonamides is 1. The predicted octanol–water partition coefficient (Wildman–Crippen LogP) is 0.473. The quantitative estimate of drug-likeness (QED) is 0.606. The standard InChI is InChI=1S/C15H22N4O5S/c1-11-4-5-12(19(21)22)10-13(11)25(23,24)18-8-6-17(7-9-18)14(20)15(2,3)16/h4-5,10H,6-9,16H2,1-3H3. The van der Waals surface area contributed by atoms with Gasteiger partial charge in [0, 0.05) is 38.3 Å². The van der Waals surface area contributed by atoms with Crippen LogP contribution in [-0.2, 0) is 14.8 Å². The highest BCUT2D eigenvalue weighted by Gasteiger charge is 2.35. The molecule has 0 atom stereocenters. The number of nitro benzene ring substituents is 1. The van der Waals surface area contributed by atoms with Crippen LogP contribution in [0.5, 0.6) is 0 Å². The molecule has 1 aliphatic heterocycles. The molecule has 1 fully saturated rings. The first-order valence-electron chi connectivity index (χ1n) is 7.78. The van der Waals surface area contributed by atoms with Gasteiger partial charge in [-0.3, -0.25) is 14.9 Å².